The smallest absolute Gasteiger partial charge is 0.164 e. The fourth-order valence-corrected chi connectivity index (χ4v) is 3.13. The monoisotopic (exact) mass is 275 g/mol. The minimum Gasteiger partial charge on any atom is -0.366 e. The summed E-state index contributed by atoms with van der Waals surface area (Å²) < 4.78 is 6.11. The summed E-state index contributed by atoms with van der Waals surface area (Å²) in [6.45, 7) is 11.9. The predicted molar refractivity (Wildman–Crippen MR) is 82.5 cm³/mol. The Labute approximate surface area is 121 Å². The third-order valence-corrected chi connectivity index (χ3v) is 3.56. The molecule has 3 nitrogen and oxygen atoms in total. The molecule has 0 N–H and O–H groups in total. The molecule has 1 aromatic rings. The number of morpholine rings is 1. The number of anilines is 1. The van der Waals surface area contributed by atoms with E-state index in [0.717, 1.165) is 24.3 Å². The van der Waals surface area contributed by atoms with Crippen LogP contribution in [-0.2, 0) is 4.74 Å². The van der Waals surface area contributed by atoms with Gasteiger partial charge in [-0.25, -0.2) is 0 Å². The average Bonchev–Trinajstić information content (AvgIpc) is 2.34. The highest BCUT2D eigenvalue weighted by atomic mass is 16.5. The summed E-state index contributed by atoms with van der Waals surface area (Å²) >= 11 is 0. The first-order valence-electron chi connectivity index (χ1n) is 7.31. The maximum absolute atomic E-state index is 12.1. The molecule has 20 heavy (non-hydrogen) atoms. The highest BCUT2D eigenvalue weighted by Gasteiger charge is 2.38. The van der Waals surface area contributed by atoms with Crippen molar-refractivity contribution in [3.05, 3.63) is 29.8 Å². The predicted octanol–water partition coefficient (Wildman–Crippen LogP) is 3.67. The van der Waals surface area contributed by atoms with Crippen molar-refractivity contribution in [2.45, 2.75) is 52.2 Å². The fourth-order valence-electron chi connectivity index (χ4n) is 3.13. The van der Waals surface area contributed by atoms with Crippen LogP contribution in [0.25, 0.3) is 0 Å². The van der Waals surface area contributed by atoms with Crippen LogP contribution in [0.3, 0.4) is 0 Å². The van der Waals surface area contributed by atoms with E-state index >= 15 is 0 Å². The van der Waals surface area contributed by atoms with Crippen molar-refractivity contribution in [1.82, 2.24) is 0 Å². The molecule has 110 valence electrons. The van der Waals surface area contributed by atoms with E-state index in [1.165, 1.54) is 0 Å². The van der Waals surface area contributed by atoms with Gasteiger partial charge in [0.05, 0.1) is 11.2 Å². The standard InChI is InChI=1S/C17H25NO2/c1-6-15(19)13-9-7-8-10-14(13)18-11-16(2,3)20-17(4,5)12-18/h7-10H,6,11-12H2,1-5H3. The summed E-state index contributed by atoms with van der Waals surface area (Å²) in [4.78, 5) is 14.4. The van der Waals surface area contributed by atoms with Gasteiger partial charge in [0.1, 0.15) is 0 Å². The zero-order valence-electron chi connectivity index (χ0n) is 13.2. The second-order valence-electron chi connectivity index (χ2n) is 6.77. The van der Waals surface area contributed by atoms with Gasteiger partial charge in [-0.2, -0.15) is 0 Å². The number of carbonyl (C=O) groups excluding carboxylic acids is 1. The Balaban J connectivity index is 2.38. The Morgan fingerprint density at radius 1 is 1.15 bits per heavy atom. The maximum atomic E-state index is 12.1. The van der Waals surface area contributed by atoms with Crippen LogP contribution in [0, 0.1) is 0 Å². The summed E-state index contributed by atoms with van der Waals surface area (Å²) in [5, 5.41) is 0. The molecule has 0 aliphatic carbocycles. The molecule has 1 heterocycles. The van der Waals surface area contributed by atoms with E-state index in [-0.39, 0.29) is 17.0 Å². The molecule has 1 aliphatic rings. The molecule has 3 heteroatoms. The number of ketones is 1. The van der Waals surface area contributed by atoms with E-state index in [1.807, 2.05) is 31.2 Å². The maximum Gasteiger partial charge on any atom is 0.164 e. The molecule has 0 saturated carbocycles. The van der Waals surface area contributed by atoms with Crippen LogP contribution in [-0.4, -0.2) is 30.1 Å². The van der Waals surface area contributed by atoms with Crippen LogP contribution in [0.4, 0.5) is 5.69 Å². The van der Waals surface area contributed by atoms with Gasteiger partial charge in [0, 0.05) is 30.8 Å². The minimum atomic E-state index is -0.218. The lowest BCUT2D eigenvalue weighted by atomic mass is 9.96. The Kier molecular flexibility index (Phi) is 3.92. The van der Waals surface area contributed by atoms with Gasteiger partial charge in [0.15, 0.2) is 5.78 Å². The lowest BCUT2D eigenvalue weighted by Crippen LogP contribution is -2.57. The third kappa shape index (κ3) is 3.21. The van der Waals surface area contributed by atoms with Crippen molar-refractivity contribution in [3.8, 4) is 0 Å². The topological polar surface area (TPSA) is 29.5 Å². The van der Waals surface area contributed by atoms with Crippen LogP contribution >= 0.6 is 0 Å². The number of rotatable bonds is 3. The molecular weight excluding hydrogens is 250 g/mol. The van der Waals surface area contributed by atoms with Crippen molar-refractivity contribution < 1.29 is 9.53 Å². The van der Waals surface area contributed by atoms with Crippen molar-refractivity contribution in [1.29, 1.82) is 0 Å². The number of hydrogen-bond donors (Lipinski definition) is 0. The number of ether oxygens (including phenoxy) is 1. The van der Waals surface area contributed by atoms with Crippen LogP contribution in [0.5, 0.6) is 0 Å². The van der Waals surface area contributed by atoms with Gasteiger partial charge in [0.2, 0.25) is 0 Å². The lowest BCUT2D eigenvalue weighted by molar-refractivity contribution is -0.133. The van der Waals surface area contributed by atoms with Crippen LogP contribution in [0.2, 0.25) is 0 Å². The molecule has 0 radical (unpaired) electrons. The number of nitrogens with zero attached hydrogens (tertiary/aromatic N) is 1. The van der Waals surface area contributed by atoms with Gasteiger partial charge in [-0.05, 0) is 39.8 Å². The van der Waals surface area contributed by atoms with Gasteiger partial charge in [-0.3, -0.25) is 4.79 Å². The quantitative estimate of drug-likeness (QED) is 0.788. The average molecular weight is 275 g/mol. The normalized spacial score (nSPS) is 20.8. The van der Waals surface area contributed by atoms with Gasteiger partial charge in [-0.15, -0.1) is 0 Å². The number of benzene rings is 1. The van der Waals surface area contributed by atoms with Crippen molar-refractivity contribution in [2.24, 2.45) is 0 Å². The molecular formula is C17H25NO2. The largest absolute Gasteiger partial charge is 0.366 e. The number of hydrogen-bond acceptors (Lipinski definition) is 3. The van der Waals surface area contributed by atoms with Gasteiger partial charge in [0.25, 0.3) is 0 Å². The van der Waals surface area contributed by atoms with Crippen LogP contribution in [0.15, 0.2) is 24.3 Å². The first-order valence-corrected chi connectivity index (χ1v) is 7.31. The second kappa shape index (κ2) is 5.21. The Morgan fingerprint density at radius 2 is 1.70 bits per heavy atom. The summed E-state index contributed by atoms with van der Waals surface area (Å²) in [5.41, 5.74) is 1.42. The van der Waals surface area contributed by atoms with E-state index in [0.29, 0.717) is 6.42 Å². The zero-order chi connectivity index (χ0) is 15.0. The lowest BCUT2D eigenvalue weighted by Gasteiger charge is -2.48. The van der Waals surface area contributed by atoms with E-state index in [9.17, 15) is 4.79 Å². The highest BCUT2D eigenvalue weighted by molar-refractivity contribution is 6.01. The molecule has 0 aromatic heterocycles. The zero-order valence-corrected chi connectivity index (χ0v) is 13.2. The van der Waals surface area contributed by atoms with E-state index in [1.54, 1.807) is 0 Å². The SMILES string of the molecule is CCC(=O)c1ccccc1N1CC(C)(C)OC(C)(C)C1. The summed E-state index contributed by atoms with van der Waals surface area (Å²) in [6, 6.07) is 7.90. The molecule has 1 saturated heterocycles. The van der Waals surface area contributed by atoms with Crippen molar-refractivity contribution >= 4 is 11.5 Å². The molecule has 0 spiro atoms. The van der Waals surface area contributed by atoms with Crippen LogP contribution in [0.1, 0.15) is 51.4 Å². The first kappa shape index (κ1) is 15.0. The molecule has 1 aromatic carbocycles. The van der Waals surface area contributed by atoms with Gasteiger partial charge >= 0.3 is 0 Å². The van der Waals surface area contributed by atoms with Gasteiger partial charge < -0.3 is 9.64 Å². The molecule has 2 rings (SSSR count). The summed E-state index contributed by atoms with van der Waals surface area (Å²) in [5.74, 6) is 0.197. The van der Waals surface area contributed by atoms with Crippen LogP contribution < -0.4 is 4.90 Å². The summed E-state index contributed by atoms with van der Waals surface area (Å²) in [7, 11) is 0. The third-order valence-electron chi connectivity index (χ3n) is 3.56. The molecule has 0 bridgehead atoms. The van der Waals surface area contributed by atoms with Gasteiger partial charge in [-0.1, -0.05) is 19.1 Å². The van der Waals surface area contributed by atoms with Crippen molar-refractivity contribution in [3.63, 3.8) is 0 Å². The molecule has 0 atom stereocenters. The second-order valence-corrected chi connectivity index (χ2v) is 6.77. The van der Waals surface area contributed by atoms with E-state index in [4.69, 9.17) is 4.74 Å². The fraction of sp³-hybridized carbons (Fsp3) is 0.588. The van der Waals surface area contributed by atoms with E-state index in [2.05, 4.69) is 32.6 Å². The highest BCUT2D eigenvalue weighted by Crippen LogP contribution is 2.33. The summed E-state index contributed by atoms with van der Waals surface area (Å²) in [6.07, 6.45) is 0.536. The molecule has 0 amide bonds. The number of carbonyl (C=O) groups is 1. The molecule has 1 fully saturated rings. The Bertz CT molecular complexity index is 489. The Morgan fingerprint density at radius 3 is 2.25 bits per heavy atom. The first-order chi connectivity index (χ1) is 9.24. The molecule has 1 aliphatic heterocycles. The number of para-hydroxylation sites is 1. The molecule has 0 unspecified atom stereocenters. The Hall–Kier alpha value is -1.35. The van der Waals surface area contributed by atoms with Crippen molar-refractivity contribution in [2.75, 3.05) is 18.0 Å². The minimum absolute atomic E-state index is 0.197. The number of Topliss-reactive ketones (excluding diaryl/α,β-unsaturated/α-hetero) is 1. The van der Waals surface area contributed by atoms with E-state index < -0.39 is 0 Å².